The van der Waals surface area contributed by atoms with Crippen molar-refractivity contribution in [2.45, 2.75) is 39.2 Å². The number of benzene rings is 1. The van der Waals surface area contributed by atoms with Gasteiger partial charge < -0.3 is 20.9 Å². The molecule has 1 aromatic carbocycles. The fourth-order valence-electron chi connectivity index (χ4n) is 3.08. The van der Waals surface area contributed by atoms with E-state index in [0.717, 1.165) is 24.5 Å². The van der Waals surface area contributed by atoms with E-state index in [9.17, 15) is 9.59 Å². The van der Waals surface area contributed by atoms with Gasteiger partial charge in [-0.3, -0.25) is 9.59 Å². The van der Waals surface area contributed by atoms with Gasteiger partial charge in [-0.2, -0.15) is 0 Å². The summed E-state index contributed by atoms with van der Waals surface area (Å²) in [6.45, 7) is 6.48. The first-order valence-electron chi connectivity index (χ1n) is 9.09. The van der Waals surface area contributed by atoms with Gasteiger partial charge in [0.25, 0.3) is 0 Å². The molecule has 2 rings (SSSR count). The van der Waals surface area contributed by atoms with Crippen molar-refractivity contribution in [3.8, 4) is 0 Å². The van der Waals surface area contributed by atoms with Crippen molar-refractivity contribution in [2.24, 2.45) is 5.92 Å². The van der Waals surface area contributed by atoms with Gasteiger partial charge in [-0.05, 0) is 45.0 Å². The number of hydrogen-bond acceptors (Lipinski definition) is 4. The second kappa shape index (κ2) is 9.42. The summed E-state index contributed by atoms with van der Waals surface area (Å²) >= 11 is 0. The summed E-state index contributed by atoms with van der Waals surface area (Å²) in [4.78, 5) is 26.6. The molecule has 0 bridgehead atoms. The van der Waals surface area contributed by atoms with E-state index in [0.29, 0.717) is 6.54 Å². The van der Waals surface area contributed by atoms with Crippen LogP contribution in [0.25, 0.3) is 0 Å². The number of nitrogens with one attached hydrogen (secondary N) is 3. The predicted molar refractivity (Wildman–Crippen MR) is 102 cm³/mol. The summed E-state index contributed by atoms with van der Waals surface area (Å²) in [5, 5.41) is 8.80. The minimum atomic E-state index is -0.200. The monoisotopic (exact) mass is 346 g/mol. The Balaban J connectivity index is 1.83. The molecule has 3 N–H and O–H groups in total. The number of carbonyl (C=O) groups excluding carboxylic acids is 2. The Morgan fingerprint density at radius 3 is 2.60 bits per heavy atom. The van der Waals surface area contributed by atoms with Gasteiger partial charge in [-0.15, -0.1) is 0 Å². The maximum absolute atomic E-state index is 12.2. The van der Waals surface area contributed by atoms with Gasteiger partial charge in [0.15, 0.2) is 0 Å². The van der Waals surface area contributed by atoms with Gasteiger partial charge in [0.05, 0.1) is 0 Å². The first kappa shape index (κ1) is 19.2. The zero-order valence-corrected chi connectivity index (χ0v) is 15.5. The molecule has 6 nitrogen and oxygen atoms in total. The van der Waals surface area contributed by atoms with Crippen LogP contribution in [0.2, 0.25) is 0 Å². The van der Waals surface area contributed by atoms with Crippen LogP contribution in [-0.2, 0) is 9.59 Å². The van der Waals surface area contributed by atoms with Gasteiger partial charge in [-0.1, -0.05) is 13.0 Å². The Kier molecular flexibility index (Phi) is 7.25. The van der Waals surface area contributed by atoms with Crippen LogP contribution in [0.5, 0.6) is 0 Å². The van der Waals surface area contributed by atoms with Crippen LogP contribution in [0.1, 0.15) is 33.1 Å². The summed E-state index contributed by atoms with van der Waals surface area (Å²) in [5.41, 5.74) is 1.95. The average Bonchev–Trinajstić information content (AvgIpc) is 3.09. The summed E-state index contributed by atoms with van der Waals surface area (Å²) in [6.07, 6.45) is 2.70. The summed E-state index contributed by atoms with van der Waals surface area (Å²) in [7, 11) is 1.82. The van der Waals surface area contributed by atoms with E-state index in [2.05, 4.69) is 26.9 Å². The predicted octanol–water partition coefficient (Wildman–Crippen LogP) is 1.98. The van der Waals surface area contributed by atoms with Crippen molar-refractivity contribution in [1.82, 2.24) is 10.6 Å². The lowest BCUT2D eigenvalue weighted by atomic mass is 10.1. The van der Waals surface area contributed by atoms with Crippen LogP contribution in [0.4, 0.5) is 11.4 Å². The lowest BCUT2D eigenvalue weighted by molar-refractivity contribution is -0.125. The van der Waals surface area contributed by atoms with Gasteiger partial charge >= 0.3 is 0 Å². The molecule has 1 aromatic rings. The Hall–Kier alpha value is -2.08. The van der Waals surface area contributed by atoms with Gasteiger partial charge in [0.1, 0.15) is 0 Å². The second-order valence-electron chi connectivity index (χ2n) is 6.87. The van der Waals surface area contributed by atoms with E-state index in [1.807, 2.05) is 39.1 Å². The third-order valence-corrected chi connectivity index (χ3v) is 4.44. The molecule has 25 heavy (non-hydrogen) atoms. The Bertz CT molecular complexity index is 585. The number of nitrogens with zero attached hydrogens (tertiary/aromatic N) is 1. The highest BCUT2D eigenvalue weighted by molar-refractivity contribution is 5.92. The quantitative estimate of drug-likeness (QED) is 0.673. The summed E-state index contributed by atoms with van der Waals surface area (Å²) < 4.78 is 0. The number of carbonyl (C=O) groups is 2. The van der Waals surface area contributed by atoms with E-state index in [4.69, 9.17) is 0 Å². The Morgan fingerprint density at radius 1 is 1.20 bits per heavy atom. The molecule has 1 aliphatic heterocycles. The van der Waals surface area contributed by atoms with Gasteiger partial charge in [0, 0.05) is 49.4 Å². The SMILES string of the molecule is CNCC(C)C(=O)NC(C)CC(=O)Nc1cccc(N2CCCC2)c1. The van der Waals surface area contributed by atoms with Crippen molar-refractivity contribution in [2.75, 3.05) is 36.9 Å². The molecule has 2 unspecified atom stereocenters. The van der Waals surface area contributed by atoms with Crippen molar-refractivity contribution in [3.05, 3.63) is 24.3 Å². The molecule has 1 saturated heterocycles. The zero-order valence-electron chi connectivity index (χ0n) is 15.5. The highest BCUT2D eigenvalue weighted by Crippen LogP contribution is 2.23. The van der Waals surface area contributed by atoms with Crippen molar-refractivity contribution in [3.63, 3.8) is 0 Å². The van der Waals surface area contributed by atoms with Crippen LogP contribution in [0.15, 0.2) is 24.3 Å². The Morgan fingerprint density at radius 2 is 1.92 bits per heavy atom. The molecule has 2 amide bonds. The maximum atomic E-state index is 12.2. The second-order valence-corrected chi connectivity index (χ2v) is 6.87. The average molecular weight is 346 g/mol. The van der Waals surface area contributed by atoms with Gasteiger partial charge in [-0.25, -0.2) is 0 Å². The van der Waals surface area contributed by atoms with Crippen molar-refractivity contribution >= 4 is 23.2 Å². The highest BCUT2D eigenvalue weighted by Gasteiger charge is 2.17. The highest BCUT2D eigenvalue weighted by atomic mass is 16.2. The summed E-state index contributed by atoms with van der Waals surface area (Å²) in [6, 6.07) is 7.76. The van der Waals surface area contributed by atoms with E-state index in [1.54, 1.807) is 0 Å². The summed E-state index contributed by atoms with van der Waals surface area (Å²) in [5.74, 6) is -0.244. The third kappa shape index (κ3) is 6.05. The topological polar surface area (TPSA) is 73.5 Å². The number of rotatable bonds is 8. The molecule has 0 radical (unpaired) electrons. The first-order valence-corrected chi connectivity index (χ1v) is 9.09. The van der Waals surface area contributed by atoms with Crippen LogP contribution in [0.3, 0.4) is 0 Å². The molecule has 0 aromatic heterocycles. The molecule has 138 valence electrons. The fraction of sp³-hybridized carbons (Fsp3) is 0.579. The van der Waals surface area contributed by atoms with Crippen LogP contribution in [-0.4, -0.2) is 44.5 Å². The number of anilines is 2. The minimum absolute atomic E-state index is 0.0364. The van der Waals surface area contributed by atoms with E-state index in [-0.39, 0.29) is 30.2 Å². The van der Waals surface area contributed by atoms with E-state index < -0.39 is 0 Å². The number of hydrogen-bond donors (Lipinski definition) is 3. The molecule has 1 heterocycles. The molecule has 0 spiro atoms. The van der Waals surface area contributed by atoms with Crippen molar-refractivity contribution in [1.29, 1.82) is 0 Å². The molecule has 2 atom stereocenters. The lowest BCUT2D eigenvalue weighted by Gasteiger charge is -2.19. The smallest absolute Gasteiger partial charge is 0.226 e. The molecule has 1 aliphatic rings. The van der Waals surface area contributed by atoms with Gasteiger partial charge in [0.2, 0.25) is 11.8 Å². The molecule has 0 aliphatic carbocycles. The molecule has 6 heteroatoms. The zero-order chi connectivity index (χ0) is 18.2. The molecule has 1 fully saturated rings. The lowest BCUT2D eigenvalue weighted by Crippen LogP contribution is -2.40. The van der Waals surface area contributed by atoms with Crippen LogP contribution < -0.4 is 20.9 Å². The van der Waals surface area contributed by atoms with E-state index >= 15 is 0 Å². The number of amides is 2. The van der Waals surface area contributed by atoms with Crippen LogP contribution in [0, 0.1) is 5.92 Å². The Labute approximate surface area is 150 Å². The fourth-order valence-corrected chi connectivity index (χ4v) is 3.08. The molecule has 0 saturated carbocycles. The maximum Gasteiger partial charge on any atom is 0.226 e. The molecular formula is C19H30N4O2. The largest absolute Gasteiger partial charge is 0.371 e. The van der Waals surface area contributed by atoms with Crippen LogP contribution >= 0.6 is 0 Å². The molecular weight excluding hydrogens is 316 g/mol. The third-order valence-electron chi connectivity index (χ3n) is 4.44. The van der Waals surface area contributed by atoms with E-state index in [1.165, 1.54) is 12.8 Å². The normalized spacial score (nSPS) is 16.4. The standard InChI is InChI=1S/C19H30N4O2/c1-14(13-20-3)19(25)21-15(2)11-18(24)22-16-7-6-8-17(12-16)23-9-4-5-10-23/h6-8,12,14-15,20H,4-5,9-11,13H2,1-3H3,(H,21,25)(H,22,24). The first-order chi connectivity index (χ1) is 12.0. The minimum Gasteiger partial charge on any atom is -0.371 e. The van der Waals surface area contributed by atoms with Crippen molar-refractivity contribution < 1.29 is 9.59 Å².